The standard InChI is InChI=1S/C20H17NO5/c1-3-26-20(22)18(21(23)24)12-17-13-8-4-6-10-15(13)19(25-2)16-11-7-5-9-14(16)17/h4-12H,3H2,1-2H3/b18-12+. The van der Waals surface area contributed by atoms with Gasteiger partial charge in [0.1, 0.15) is 5.75 Å². The van der Waals surface area contributed by atoms with Gasteiger partial charge >= 0.3 is 11.7 Å². The zero-order valence-corrected chi connectivity index (χ0v) is 14.4. The van der Waals surface area contributed by atoms with Crippen LogP contribution in [-0.4, -0.2) is 24.6 Å². The van der Waals surface area contributed by atoms with E-state index in [0.29, 0.717) is 11.3 Å². The van der Waals surface area contributed by atoms with Crippen molar-refractivity contribution in [1.29, 1.82) is 0 Å². The third-order valence-corrected chi connectivity index (χ3v) is 4.09. The predicted octanol–water partition coefficient (Wildman–Crippen LogP) is 4.18. The quantitative estimate of drug-likeness (QED) is 0.226. The summed E-state index contributed by atoms with van der Waals surface area (Å²) in [5, 5.41) is 14.6. The summed E-state index contributed by atoms with van der Waals surface area (Å²) in [5.74, 6) is -0.270. The molecule has 0 radical (unpaired) electrons. The van der Waals surface area contributed by atoms with Crippen molar-refractivity contribution < 1.29 is 19.2 Å². The number of nitrogens with zero attached hydrogens (tertiary/aromatic N) is 1. The van der Waals surface area contributed by atoms with Gasteiger partial charge in [0.15, 0.2) is 0 Å². The molecule has 132 valence electrons. The second-order valence-corrected chi connectivity index (χ2v) is 5.55. The zero-order chi connectivity index (χ0) is 18.7. The molecule has 0 saturated heterocycles. The van der Waals surface area contributed by atoms with Crippen LogP contribution in [0.25, 0.3) is 27.6 Å². The van der Waals surface area contributed by atoms with Crippen molar-refractivity contribution in [2.24, 2.45) is 0 Å². The summed E-state index contributed by atoms with van der Waals surface area (Å²) < 4.78 is 10.4. The van der Waals surface area contributed by atoms with Crippen molar-refractivity contribution in [1.82, 2.24) is 0 Å². The summed E-state index contributed by atoms with van der Waals surface area (Å²) in [4.78, 5) is 22.7. The monoisotopic (exact) mass is 351 g/mol. The molecule has 0 aliphatic heterocycles. The molecule has 0 heterocycles. The van der Waals surface area contributed by atoms with Crippen LogP contribution in [0.1, 0.15) is 12.5 Å². The fraction of sp³-hybridized carbons (Fsp3) is 0.150. The maximum Gasteiger partial charge on any atom is 0.409 e. The summed E-state index contributed by atoms with van der Waals surface area (Å²) in [7, 11) is 1.59. The van der Waals surface area contributed by atoms with Gasteiger partial charge in [0.2, 0.25) is 0 Å². The van der Waals surface area contributed by atoms with E-state index in [9.17, 15) is 14.9 Å². The highest BCUT2D eigenvalue weighted by molar-refractivity contribution is 6.13. The van der Waals surface area contributed by atoms with E-state index in [1.165, 1.54) is 6.08 Å². The molecule has 6 heteroatoms. The fourth-order valence-corrected chi connectivity index (χ4v) is 3.03. The average molecular weight is 351 g/mol. The van der Waals surface area contributed by atoms with Gasteiger partial charge in [-0.3, -0.25) is 10.1 Å². The zero-order valence-electron chi connectivity index (χ0n) is 14.4. The van der Waals surface area contributed by atoms with Crippen molar-refractivity contribution >= 4 is 33.6 Å². The van der Waals surface area contributed by atoms with Crippen LogP contribution in [0.4, 0.5) is 0 Å². The molecule has 3 aromatic carbocycles. The molecule has 3 aromatic rings. The molecule has 6 nitrogen and oxygen atoms in total. The minimum Gasteiger partial charge on any atom is -0.495 e. The molecule has 0 atom stereocenters. The van der Waals surface area contributed by atoms with Gasteiger partial charge in [-0.2, -0.15) is 0 Å². The smallest absolute Gasteiger partial charge is 0.409 e. The van der Waals surface area contributed by atoms with Gasteiger partial charge in [-0.05, 0) is 23.3 Å². The van der Waals surface area contributed by atoms with Crippen molar-refractivity contribution in [2.75, 3.05) is 13.7 Å². The first-order chi connectivity index (χ1) is 12.6. The Hall–Kier alpha value is -3.41. The molecule has 0 spiro atoms. The molecule has 0 fully saturated rings. The highest BCUT2D eigenvalue weighted by atomic mass is 16.6. The van der Waals surface area contributed by atoms with Gasteiger partial charge in [-0.15, -0.1) is 0 Å². The van der Waals surface area contributed by atoms with Crippen LogP contribution in [0.3, 0.4) is 0 Å². The lowest BCUT2D eigenvalue weighted by atomic mass is 9.95. The molecule has 3 rings (SSSR count). The first-order valence-electron chi connectivity index (χ1n) is 8.09. The highest BCUT2D eigenvalue weighted by Gasteiger charge is 2.25. The largest absolute Gasteiger partial charge is 0.495 e. The molecular weight excluding hydrogens is 334 g/mol. The molecule has 0 aromatic heterocycles. The number of benzene rings is 3. The van der Waals surface area contributed by atoms with Gasteiger partial charge in [-0.25, -0.2) is 4.79 Å². The van der Waals surface area contributed by atoms with Gasteiger partial charge in [0, 0.05) is 16.8 Å². The number of fused-ring (bicyclic) bond motifs is 2. The van der Waals surface area contributed by atoms with E-state index in [1.807, 2.05) is 48.5 Å². The number of methoxy groups -OCH3 is 1. The Morgan fingerprint density at radius 2 is 1.54 bits per heavy atom. The van der Waals surface area contributed by atoms with Gasteiger partial charge in [-0.1, -0.05) is 48.5 Å². The summed E-state index contributed by atoms with van der Waals surface area (Å²) in [6, 6.07) is 14.9. The maximum atomic E-state index is 12.0. The van der Waals surface area contributed by atoms with Gasteiger partial charge in [0.25, 0.3) is 0 Å². The Balaban J connectivity index is 2.42. The van der Waals surface area contributed by atoms with Crippen molar-refractivity contribution in [3.63, 3.8) is 0 Å². The van der Waals surface area contributed by atoms with Crippen LogP contribution in [0.5, 0.6) is 5.75 Å². The minimum atomic E-state index is -0.957. The third-order valence-electron chi connectivity index (χ3n) is 4.09. The first kappa shape index (κ1) is 17.4. The van der Waals surface area contributed by atoms with Crippen LogP contribution < -0.4 is 4.74 Å². The van der Waals surface area contributed by atoms with Crippen molar-refractivity contribution in [3.05, 3.63) is 69.9 Å². The summed E-state index contributed by atoms with van der Waals surface area (Å²) in [6.45, 7) is 1.67. The molecule has 0 unspecified atom stereocenters. The SMILES string of the molecule is CCOC(=O)/C(=C\c1c2ccccc2c(OC)c2ccccc12)[N+](=O)[O-]. The van der Waals surface area contributed by atoms with Crippen LogP contribution in [0.2, 0.25) is 0 Å². The highest BCUT2D eigenvalue weighted by Crippen LogP contribution is 2.39. The normalized spacial score (nSPS) is 11.5. The summed E-state index contributed by atoms with van der Waals surface area (Å²) >= 11 is 0. The lowest BCUT2D eigenvalue weighted by molar-refractivity contribution is -0.419. The van der Waals surface area contributed by atoms with Crippen LogP contribution in [0, 0.1) is 10.1 Å². The number of ether oxygens (including phenoxy) is 2. The van der Waals surface area contributed by atoms with Crippen molar-refractivity contribution in [3.8, 4) is 5.75 Å². The number of esters is 1. The van der Waals surface area contributed by atoms with Crippen LogP contribution in [-0.2, 0) is 9.53 Å². The molecular formula is C20H17NO5. The Morgan fingerprint density at radius 1 is 1.04 bits per heavy atom. The van der Waals surface area contributed by atoms with E-state index in [-0.39, 0.29) is 6.61 Å². The second-order valence-electron chi connectivity index (χ2n) is 5.55. The van der Waals surface area contributed by atoms with Crippen LogP contribution >= 0.6 is 0 Å². The van der Waals surface area contributed by atoms with E-state index in [2.05, 4.69) is 0 Å². The molecule has 0 N–H and O–H groups in total. The van der Waals surface area contributed by atoms with E-state index < -0.39 is 16.6 Å². The Labute approximate surface area is 149 Å². The Kier molecular flexibility index (Phi) is 4.84. The molecule has 0 aliphatic carbocycles. The minimum absolute atomic E-state index is 0.0636. The number of rotatable bonds is 5. The number of hydrogen-bond acceptors (Lipinski definition) is 5. The lowest BCUT2D eigenvalue weighted by Crippen LogP contribution is -2.14. The molecule has 0 amide bonds. The van der Waals surface area contributed by atoms with Crippen molar-refractivity contribution in [2.45, 2.75) is 6.92 Å². The Morgan fingerprint density at radius 3 is 1.96 bits per heavy atom. The first-order valence-corrected chi connectivity index (χ1v) is 8.09. The van der Waals surface area contributed by atoms with E-state index in [1.54, 1.807) is 14.0 Å². The molecule has 0 saturated carbocycles. The second kappa shape index (κ2) is 7.23. The number of hydrogen-bond donors (Lipinski definition) is 0. The van der Waals surface area contributed by atoms with Gasteiger partial charge in [0.05, 0.1) is 18.6 Å². The third kappa shape index (κ3) is 2.97. The van der Waals surface area contributed by atoms with E-state index >= 15 is 0 Å². The summed E-state index contributed by atoms with van der Waals surface area (Å²) in [5.41, 5.74) is -0.0240. The number of carbonyl (C=O) groups excluding carboxylic acids is 1. The van der Waals surface area contributed by atoms with E-state index in [0.717, 1.165) is 21.5 Å². The molecule has 0 bridgehead atoms. The molecule has 26 heavy (non-hydrogen) atoms. The fourth-order valence-electron chi connectivity index (χ4n) is 3.03. The van der Waals surface area contributed by atoms with E-state index in [4.69, 9.17) is 9.47 Å². The van der Waals surface area contributed by atoms with Gasteiger partial charge < -0.3 is 9.47 Å². The number of carbonyl (C=O) groups is 1. The lowest BCUT2D eigenvalue weighted by Gasteiger charge is -2.13. The molecule has 0 aliphatic rings. The topological polar surface area (TPSA) is 78.7 Å². The maximum absolute atomic E-state index is 12.0. The predicted molar refractivity (Wildman–Crippen MR) is 99.6 cm³/mol. The number of nitro groups is 1. The summed E-state index contributed by atoms with van der Waals surface area (Å²) in [6.07, 6.45) is 1.28. The van der Waals surface area contributed by atoms with Crippen LogP contribution in [0.15, 0.2) is 54.2 Å². The average Bonchev–Trinajstić information content (AvgIpc) is 2.65. The Bertz CT molecular complexity index is 982.